The SMILES string of the molecule is Cc1cc(C)c(NC(=O)CCc2cccc(F)c2)c(C)c1. The molecule has 0 aliphatic heterocycles. The number of carbonyl (C=O) groups excluding carboxylic acids is 1. The van der Waals surface area contributed by atoms with E-state index in [4.69, 9.17) is 0 Å². The molecule has 1 amide bonds. The summed E-state index contributed by atoms with van der Waals surface area (Å²) in [4.78, 5) is 12.1. The van der Waals surface area contributed by atoms with Crippen LogP contribution in [0.4, 0.5) is 10.1 Å². The molecule has 0 bridgehead atoms. The summed E-state index contributed by atoms with van der Waals surface area (Å²) in [5.41, 5.74) is 5.02. The number of benzene rings is 2. The van der Waals surface area contributed by atoms with Crippen LogP contribution in [0.25, 0.3) is 0 Å². The van der Waals surface area contributed by atoms with Gasteiger partial charge in [0.1, 0.15) is 5.82 Å². The lowest BCUT2D eigenvalue weighted by atomic mass is 10.0. The summed E-state index contributed by atoms with van der Waals surface area (Å²) in [6, 6.07) is 10.5. The summed E-state index contributed by atoms with van der Waals surface area (Å²) < 4.78 is 13.1. The molecule has 21 heavy (non-hydrogen) atoms. The summed E-state index contributed by atoms with van der Waals surface area (Å²) in [6.45, 7) is 6.01. The first-order chi connectivity index (χ1) is 9.95. The number of carbonyl (C=O) groups is 1. The van der Waals surface area contributed by atoms with E-state index in [-0.39, 0.29) is 11.7 Å². The third kappa shape index (κ3) is 4.15. The van der Waals surface area contributed by atoms with E-state index in [1.54, 1.807) is 6.07 Å². The smallest absolute Gasteiger partial charge is 0.224 e. The molecule has 0 unspecified atom stereocenters. The summed E-state index contributed by atoms with van der Waals surface area (Å²) in [7, 11) is 0. The predicted molar refractivity (Wildman–Crippen MR) is 84.0 cm³/mol. The monoisotopic (exact) mass is 285 g/mol. The average molecular weight is 285 g/mol. The Kier molecular flexibility index (Phi) is 4.73. The van der Waals surface area contributed by atoms with Crippen LogP contribution in [0.1, 0.15) is 28.7 Å². The van der Waals surface area contributed by atoms with Gasteiger partial charge in [0.05, 0.1) is 0 Å². The summed E-state index contributed by atoms with van der Waals surface area (Å²) in [6.07, 6.45) is 0.879. The largest absolute Gasteiger partial charge is 0.326 e. The number of halogens is 1. The van der Waals surface area contributed by atoms with Crippen LogP contribution in [0.2, 0.25) is 0 Å². The fourth-order valence-corrected chi connectivity index (χ4v) is 2.53. The molecule has 0 saturated heterocycles. The number of amides is 1. The molecule has 0 aliphatic rings. The second kappa shape index (κ2) is 6.53. The molecule has 0 heterocycles. The highest BCUT2D eigenvalue weighted by atomic mass is 19.1. The first-order valence-corrected chi connectivity index (χ1v) is 7.08. The van der Waals surface area contributed by atoms with Crippen LogP contribution in [-0.4, -0.2) is 5.91 Å². The topological polar surface area (TPSA) is 29.1 Å². The van der Waals surface area contributed by atoms with Crippen molar-refractivity contribution in [1.82, 2.24) is 0 Å². The van der Waals surface area contributed by atoms with E-state index in [0.717, 1.165) is 22.4 Å². The van der Waals surface area contributed by atoms with E-state index in [2.05, 4.69) is 17.4 Å². The summed E-state index contributed by atoms with van der Waals surface area (Å²) >= 11 is 0. The maximum absolute atomic E-state index is 13.1. The van der Waals surface area contributed by atoms with Gasteiger partial charge in [-0.2, -0.15) is 0 Å². The third-order valence-corrected chi connectivity index (χ3v) is 3.47. The standard InChI is InChI=1S/C18H20FNO/c1-12-9-13(2)18(14(3)10-12)20-17(21)8-7-15-5-4-6-16(19)11-15/h4-6,9-11H,7-8H2,1-3H3,(H,20,21). The molecule has 0 aliphatic carbocycles. The molecule has 2 nitrogen and oxygen atoms in total. The van der Waals surface area contributed by atoms with Crippen molar-refractivity contribution in [2.45, 2.75) is 33.6 Å². The summed E-state index contributed by atoms with van der Waals surface area (Å²) in [5, 5.41) is 2.96. The molecule has 2 rings (SSSR count). The Balaban J connectivity index is 1.99. The molecule has 0 atom stereocenters. The second-order valence-electron chi connectivity index (χ2n) is 5.45. The Morgan fingerprint density at radius 2 is 1.76 bits per heavy atom. The minimum absolute atomic E-state index is 0.0469. The molecule has 0 aromatic heterocycles. The Bertz CT molecular complexity index is 641. The molecule has 0 fully saturated rings. The maximum Gasteiger partial charge on any atom is 0.224 e. The quantitative estimate of drug-likeness (QED) is 0.890. The maximum atomic E-state index is 13.1. The highest BCUT2D eigenvalue weighted by Gasteiger charge is 2.08. The fourth-order valence-electron chi connectivity index (χ4n) is 2.53. The Labute approximate surface area is 125 Å². The van der Waals surface area contributed by atoms with Gasteiger partial charge in [0.25, 0.3) is 0 Å². The lowest BCUT2D eigenvalue weighted by Gasteiger charge is -2.13. The highest BCUT2D eigenvalue weighted by Crippen LogP contribution is 2.22. The van der Waals surface area contributed by atoms with Gasteiger partial charge in [-0.3, -0.25) is 4.79 Å². The molecule has 2 aromatic rings. The minimum atomic E-state index is -0.266. The zero-order chi connectivity index (χ0) is 15.4. The van der Waals surface area contributed by atoms with E-state index in [0.29, 0.717) is 12.8 Å². The Morgan fingerprint density at radius 3 is 2.38 bits per heavy atom. The lowest BCUT2D eigenvalue weighted by molar-refractivity contribution is -0.116. The van der Waals surface area contributed by atoms with Crippen molar-refractivity contribution >= 4 is 11.6 Å². The Hall–Kier alpha value is -2.16. The predicted octanol–water partition coefficient (Wildman–Crippen LogP) is 4.32. The first kappa shape index (κ1) is 15.2. The Morgan fingerprint density at radius 1 is 1.10 bits per heavy atom. The first-order valence-electron chi connectivity index (χ1n) is 7.08. The van der Waals surface area contributed by atoms with Crippen molar-refractivity contribution in [2.24, 2.45) is 0 Å². The number of anilines is 1. The van der Waals surface area contributed by atoms with Crippen molar-refractivity contribution in [3.63, 3.8) is 0 Å². The van der Waals surface area contributed by atoms with Crippen molar-refractivity contribution in [3.05, 3.63) is 64.5 Å². The zero-order valence-electron chi connectivity index (χ0n) is 12.7. The van der Waals surface area contributed by atoms with Gasteiger partial charge in [0.15, 0.2) is 0 Å². The third-order valence-electron chi connectivity index (χ3n) is 3.47. The average Bonchev–Trinajstić information content (AvgIpc) is 2.40. The number of hydrogen-bond acceptors (Lipinski definition) is 1. The van der Waals surface area contributed by atoms with E-state index in [1.165, 1.54) is 17.7 Å². The fraction of sp³-hybridized carbons (Fsp3) is 0.278. The second-order valence-corrected chi connectivity index (χ2v) is 5.45. The number of aryl methyl sites for hydroxylation is 4. The van der Waals surface area contributed by atoms with Crippen molar-refractivity contribution in [3.8, 4) is 0 Å². The van der Waals surface area contributed by atoms with Crippen LogP contribution in [0.15, 0.2) is 36.4 Å². The number of rotatable bonds is 4. The number of hydrogen-bond donors (Lipinski definition) is 1. The van der Waals surface area contributed by atoms with Gasteiger partial charge in [0.2, 0.25) is 5.91 Å². The van der Waals surface area contributed by atoms with E-state index >= 15 is 0 Å². The van der Waals surface area contributed by atoms with Gasteiger partial charge in [-0.25, -0.2) is 4.39 Å². The van der Waals surface area contributed by atoms with Gasteiger partial charge >= 0.3 is 0 Å². The molecule has 0 spiro atoms. The van der Waals surface area contributed by atoms with Gasteiger partial charge < -0.3 is 5.32 Å². The lowest BCUT2D eigenvalue weighted by Crippen LogP contribution is -2.14. The van der Waals surface area contributed by atoms with Crippen molar-refractivity contribution < 1.29 is 9.18 Å². The van der Waals surface area contributed by atoms with Crippen LogP contribution in [0, 0.1) is 26.6 Å². The van der Waals surface area contributed by atoms with Crippen LogP contribution >= 0.6 is 0 Å². The van der Waals surface area contributed by atoms with E-state index in [9.17, 15) is 9.18 Å². The van der Waals surface area contributed by atoms with Gasteiger partial charge in [-0.1, -0.05) is 29.8 Å². The van der Waals surface area contributed by atoms with E-state index in [1.807, 2.05) is 26.8 Å². The van der Waals surface area contributed by atoms with Crippen LogP contribution in [0.3, 0.4) is 0 Å². The molecule has 1 N–H and O–H groups in total. The van der Waals surface area contributed by atoms with Gasteiger partial charge in [-0.05, 0) is 56.0 Å². The molecular weight excluding hydrogens is 265 g/mol. The van der Waals surface area contributed by atoms with Gasteiger partial charge in [-0.15, -0.1) is 0 Å². The van der Waals surface area contributed by atoms with E-state index < -0.39 is 0 Å². The van der Waals surface area contributed by atoms with Crippen molar-refractivity contribution in [1.29, 1.82) is 0 Å². The molecular formula is C18H20FNO. The molecule has 110 valence electrons. The summed E-state index contributed by atoms with van der Waals surface area (Å²) in [5.74, 6) is -0.313. The van der Waals surface area contributed by atoms with Crippen LogP contribution in [-0.2, 0) is 11.2 Å². The molecule has 3 heteroatoms. The number of nitrogens with one attached hydrogen (secondary N) is 1. The zero-order valence-corrected chi connectivity index (χ0v) is 12.7. The van der Waals surface area contributed by atoms with Crippen LogP contribution in [0.5, 0.6) is 0 Å². The van der Waals surface area contributed by atoms with Gasteiger partial charge in [0, 0.05) is 12.1 Å². The van der Waals surface area contributed by atoms with Crippen LogP contribution < -0.4 is 5.32 Å². The molecule has 0 saturated carbocycles. The highest BCUT2D eigenvalue weighted by molar-refractivity contribution is 5.92. The minimum Gasteiger partial charge on any atom is -0.326 e. The molecule has 0 radical (unpaired) electrons. The molecule has 2 aromatic carbocycles. The normalized spacial score (nSPS) is 10.5. The van der Waals surface area contributed by atoms with Crippen molar-refractivity contribution in [2.75, 3.05) is 5.32 Å².